The normalized spacial score (nSPS) is 24.9. The molecule has 20 heavy (non-hydrogen) atoms. The van der Waals surface area contributed by atoms with Crippen molar-refractivity contribution in [3.05, 3.63) is 22.3 Å². The average molecular weight is 342 g/mol. The highest BCUT2D eigenvalue weighted by molar-refractivity contribution is 9.10. The highest BCUT2D eigenvalue weighted by Gasteiger charge is 2.35. The summed E-state index contributed by atoms with van der Waals surface area (Å²) < 4.78 is 0.755. The summed E-state index contributed by atoms with van der Waals surface area (Å²) in [4.78, 5) is 6.48. The largest absolute Gasteiger partial charge is 0.391 e. The maximum atomic E-state index is 10.4. The predicted molar refractivity (Wildman–Crippen MR) is 85.2 cm³/mol. The SMILES string of the molecule is CC(C)(C)C1CCN(Cc2ccc(Br)nc2N)CC1O. The van der Waals surface area contributed by atoms with Crippen LogP contribution in [0.3, 0.4) is 0 Å². The number of halogens is 1. The van der Waals surface area contributed by atoms with Crippen LogP contribution in [0.25, 0.3) is 0 Å². The third kappa shape index (κ3) is 3.71. The van der Waals surface area contributed by atoms with Crippen LogP contribution in [-0.2, 0) is 6.54 Å². The number of aliphatic hydroxyl groups is 1. The monoisotopic (exact) mass is 341 g/mol. The molecule has 0 bridgehead atoms. The second-order valence-corrected chi connectivity index (χ2v) is 7.55. The molecule has 1 saturated heterocycles. The number of nitrogens with two attached hydrogens (primary N) is 1. The molecule has 0 spiro atoms. The van der Waals surface area contributed by atoms with Crippen molar-refractivity contribution in [1.82, 2.24) is 9.88 Å². The van der Waals surface area contributed by atoms with Crippen LogP contribution in [-0.4, -0.2) is 34.2 Å². The first kappa shape index (κ1) is 15.7. The molecule has 0 saturated carbocycles. The zero-order valence-electron chi connectivity index (χ0n) is 12.4. The molecular formula is C15H24BrN3O. The standard InChI is InChI=1S/C15H24BrN3O/c1-15(2,3)11-6-7-19(9-12(11)20)8-10-4-5-13(16)18-14(10)17/h4-5,11-12,20H,6-9H2,1-3H3,(H2,17,18). The molecule has 2 heterocycles. The van der Waals surface area contributed by atoms with Crippen molar-refractivity contribution in [2.24, 2.45) is 11.3 Å². The van der Waals surface area contributed by atoms with Gasteiger partial charge >= 0.3 is 0 Å². The van der Waals surface area contributed by atoms with Gasteiger partial charge in [-0.1, -0.05) is 26.8 Å². The first-order chi connectivity index (χ1) is 9.27. The minimum absolute atomic E-state index is 0.156. The highest BCUT2D eigenvalue weighted by atomic mass is 79.9. The van der Waals surface area contributed by atoms with E-state index in [1.165, 1.54) is 0 Å². The Kier molecular flexibility index (Phi) is 4.72. The number of anilines is 1. The molecule has 0 amide bonds. The molecular weight excluding hydrogens is 318 g/mol. The van der Waals surface area contributed by atoms with Crippen molar-refractivity contribution in [3.63, 3.8) is 0 Å². The van der Waals surface area contributed by atoms with Crippen LogP contribution < -0.4 is 5.73 Å². The molecule has 0 aromatic carbocycles. The molecule has 1 aromatic heterocycles. The van der Waals surface area contributed by atoms with Crippen LogP contribution in [0.15, 0.2) is 16.7 Å². The maximum Gasteiger partial charge on any atom is 0.129 e. The van der Waals surface area contributed by atoms with E-state index in [4.69, 9.17) is 5.73 Å². The molecule has 0 radical (unpaired) electrons. The Morgan fingerprint density at radius 1 is 1.45 bits per heavy atom. The fourth-order valence-electron chi connectivity index (χ4n) is 3.00. The lowest BCUT2D eigenvalue weighted by atomic mass is 9.73. The van der Waals surface area contributed by atoms with Gasteiger partial charge < -0.3 is 10.8 Å². The number of pyridine rings is 1. The number of piperidine rings is 1. The molecule has 2 atom stereocenters. The van der Waals surface area contributed by atoms with Gasteiger partial charge in [-0.2, -0.15) is 0 Å². The lowest BCUT2D eigenvalue weighted by Gasteiger charge is -2.42. The number of rotatable bonds is 2. The number of nitrogen functional groups attached to an aromatic ring is 1. The number of aromatic nitrogens is 1. The molecule has 0 aliphatic carbocycles. The summed E-state index contributed by atoms with van der Waals surface area (Å²) in [5.74, 6) is 0.922. The van der Waals surface area contributed by atoms with E-state index in [9.17, 15) is 5.11 Å². The summed E-state index contributed by atoms with van der Waals surface area (Å²) in [7, 11) is 0. The van der Waals surface area contributed by atoms with Crippen LogP contribution in [0.5, 0.6) is 0 Å². The van der Waals surface area contributed by atoms with Crippen LogP contribution >= 0.6 is 15.9 Å². The van der Waals surface area contributed by atoms with E-state index in [2.05, 4.69) is 46.6 Å². The van der Waals surface area contributed by atoms with Crippen molar-refractivity contribution in [3.8, 4) is 0 Å². The molecule has 4 nitrogen and oxygen atoms in total. The highest BCUT2D eigenvalue weighted by Crippen LogP contribution is 2.35. The average Bonchev–Trinajstić information content (AvgIpc) is 2.31. The number of β-amino-alcohol motifs (C(OH)–C–C–N with tert-alkyl or cyclic N) is 1. The lowest BCUT2D eigenvalue weighted by Crippen LogP contribution is -2.47. The molecule has 1 aromatic rings. The van der Waals surface area contributed by atoms with E-state index in [1.54, 1.807) is 0 Å². The van der Waals surface area contributed by atoms with Crippen LogP contribution in [0.2, 0.25) is 0 Å². The lowest BCUT2D eigenvalue weighted by molar-refractivity contribution is -0.0264. The fraction of sp³-hybridized carbons (Fsp3) is 0.667. The minimum atomic E-state index is -0.270. The Hall–Kier alpha value is -0.650. The van der Waals surface area contributed by atoms with Gasteiger partial charge in [0, 0.05) is 18.7 Å². The van der Waals surface area contributed by atoms with Gasteiger partial charge in [0.2, 0.25) is 0 Å². The Balaban J connectivity index is 2.00. The van der Waals surface area contributed by atoms with Gasteiger partial charge in [-0.3, -0.25) is 4.90 Å². The molecule has 1 aliphatic heterocycles. The summed E-state index contributed by atoms with van der Waals surface area (Å²) in [6.07, 6.45) is 0.752. The van der Waals surface area contributed by atoms with E-state index >= 15 is 0 Å². The molecule has 1 fully saturated rings. The first-order valence-corrected chi connectivity index (χ1v) is 7.88. The summed E-state index contributed by atoms with van der Waals surface area (Å²) in [6.45, 7) is 9.06. The number of hydrogen-bond donors (Lipinski definition) is 2. The molecule has 2 rings (SSSR count). The van der Waals surface area contributed by atoms with Gasteiger partial charge in [-0.05, 0) is 46.3 Å². The smallest absolute Gasteiger partial charge is 0.129 e. The molecule has 3 N–H and O–H groups in total. The number of hydrogen-bond acceptors (Lipinski definition) is 4. The van der Waals surface area contributed by atoms with Crippen molar-refractivity contribution in [1.29, 1.82) is 0 Å². The number of aliphatic hydroxyl groups excluding tert-OH is 1. The van der Waals surface area contributed by atoms with Gasteiger partial charge in [-0.25, -0.2) is 4.98 Å². The number of likely N-dealkylation sites (tertiary alicyclic amines) is 1. The van der Waals surface area contributed by atoms with Crippen LogP contribution in [0, 0.1) is 11.3 Å². The van der Waals surface area contributed by atoms with E-state index in [0.29, 0.717) is 18.3 Å². The molecule has 112 valence electrons. The zero-order valence-corrected chi connectivity index (χ0v) is 14.0. The predicted octanol–water partition coefficient (Wildman–Crippen LogP) is 2.66. The van der Waals surface area contributed by atoms with Crippen molar-refractivity contribution in [2.75, 3.05) is 18.8 Å². The second-order valence-electron chi connectivity index (χ2n) is 6.74. The van der Waals surface area contributed by atoms with Crippen molar-refractivity contribution >= 4 is 21.7 Å². The number of nitrogens with zero attached hydrogens (tertiary/aromatic N) is 2. The Bertz CT molecular complexity index is 473. The third-order valence-electron chi connectivity index (χ3n) is 4.15. The van der Waals surface area contributed by atoms with Gasteiger partial charge in [0.25, 0.3) is 0 Å². The van der Waals surface area contributed by atoms with E-state index in [0.717, 1.165) is 29.7 Å². The minimum Gasteiger partial charge on any atom is -0.391 e. The van der Waals surface area contributed by atoms with Crippen molar-refractivity contribution < 1.29 is 5.11 Å². The quantitative estimate of drug-likeness (QED) is 0.811. The topological polar surface area (TPSA) is 62.4 Å². The summed E-state index contributed by atoms with van der Waals surface area (Å²) >= 11 is 3.32. The van der Waals surface area contributed by atoms with Gasteiger partial charge in [0.15, 0.2) is 0 Å². The van der Waals surface area contributed by atoms with Crippen LogP contribution in [0.4, 0.5) is 5.82 Å². The maximum absolute atomic E-state index is 10.4. The van der Waals surface area contributed by atoms with E-state index < -0.39 is 0 Å². The van der Waals surface area contributed by atoms with Gasteiger partial charge in [0.05, 0.1) is 6.10 Å². The van der Waals surface area contributed by atoms with Gasteiger partial charge in [-0.15, -0.1) is 0 Å². The zero-order chi connectivity index (χ0) is 14.9. The molecule has 5 heteroatoms. The first-order valence-electron chi connectivity index (χ1n) is 7.08. The Labute approximate surface area is 129 Å². The molecule has 2 unspecified atom stereocenters. The Morgan fingerprint density at radius 3 is 2.70 bits per heavy atom. The summed E-state index contributed by atoms with van der Waals surface area (Å²) in [5, 5.41) is 10.4. The Morgan fingerprint density at radius 2 is 2.15 bits per heavy atom. The summed E-state index contributed by atoms with van der Waals surface area (Å²) in [5.41, 5.74) is 7.12. The fourth-order valence-corrected chi connectivity index (χ4v) is 3.33. The van der Waals surface area contributed by atoms with Crippen LogP contribution in [0.1, 0.15) is 32.8 Å². The second kappa shape index (κ2) is 6.00. The van der Waals surface area contributed by atoms with E-state index in [-0.39, 0.29) is 11.5 Å². The van der Waals surface area contributed by atoms with Gasteiger partial charge in [0.1, 0.15) is 10.4 Å². The molecule has 1 aliphatic rings. The van der Waals surface area contributed by atoms with E-state index in [1.807, 2.05) is 12.1 Å². The van der Waals surface area contributed by atoms with Crippen molar-refractivity contribution in [2.45, 2.75) is 39.8 Å². The summed E-state index contributed by atoms with van der Waals surface area (Å²) in [6, 6.07) is 3.90. The third-order valence-corrected chi connectivity index (χ3v) is 4.59.